The molecule has 0 spiro atoms. The van der Waals surface area contributed by atoms with E-state index in [1.54, 1.807) is 20.8 Å². The van der Waals surface area contributed by atoms with E-state index in [9.17, 15) is 14.4 Å². The number of nitrogens with zero attached hydrogens (tertiary/aromatic N) is 1. The molecule has 0 aromatic heterocycles. The lowest BCUT2D eigenvalue weighted by Crippen LogP contribution is -2.44. The van der Waals surface area contributed by atoms with Gasteiger partial charge in [0.15, 0.2) is 5.78 Å². The van der Waals surface area contributed by atoms with Crippen molar-refractivity contribution in [2.75, 3.05) is 6.54 Å². The Bertz CT molecular complexity index is 604. The van der Waals surface area contributed by atoms with Crippen molar-refractivity contribution in [3.05, 3.63) is 35.9 Å². The minimum atomic E-state index is -1.07. The average Bonchev–Trinajstić information content (AvgIpc) is 2.72. The fraction of sp³-hybridized carbons (Fsp3) is 0.471. The number of rotatable bonds is 4. The molecule has 1 aliphatic rings. The predicted molar refractivity (Wildman–Crippen MR) is 83.1 cm³/mol. The molecule has 1 fully saturated rings. The fourth-order valence-electron chi connectivity index (χ4n) is 2.51. The molecule has 0 bridgehead atoms. The van der Waals surface area contributed by atoms with Crippen LogP contribution in [0.4, 0.5) is 4.79 Å². The SMILES string of the molecule is CCC1(c2ccccc2)NC(=O)N(CC(=O)C(C)(C)C)C1=O. The number of Topliss-reactive ketones (excluding diaryl/α,β-unsaturated/α-hetero) is 1. The van der Waals surface area contributed by atoms with Crippen molar-refractivity contribution in [2.45, 2.75) is 39.7 Å². The molecule has 1 aromatic carbocycles. The first-order valence-electron chi connectivity index (χ1n) is 7.45. The first-order chi connectivity index (χ1) is 10.2. The van der Waals surface area contributed by atoms with Gasteiger partial charge in [0, 0.05) is 5.41 Å². The summed E-state index contributed by atoms with van der Waals surface area (Å²) in [6.07, 6.45) is 0.432. The van der Waals surface area contributed by atoms with Crippen molar-refractivity contribution >= 4 is 17.7 Å². The van der Waals surface area contributed by atoms with Crippen LogP contribution in [0.2, 0.25) is 0 Å². The normalized spacial score (nSPS) is 21.9. The van der Waals surface area contributed by atoms with Gasteiger partial charge in [-0.3, -0.25) is 14.5 Å². The Morgan fingerprint density at radius 3 is 2.27 bits per heavy atom. The maximum Gasteiger partial charge on any atom is 0.325 e. The number of benzene rings is 1. The Morgan fingerprint density at radius 2 is 1.77 bits per heavy atom. The summed E-state index contributed by atoms with van der Waals surface area (Å²) in [6.45, 7) is 6.98. The summed E-state index contributed by atoms with van der Waals surface area (Å²) >= 11 is 0. The van der Waals surface area contributed by atoms with Gasteiger partial charge >= 0.3 is 6.03 Å². The lowest BCUT2D eigenvalue weighted by atomic mass is 9.86. The third-order valence-corrected chi connectivity index (χ3v) is 4.11. The van der Waals surface area contributed by atoms with Gasteiger partial charge in [0.05, 0.1) is 6.54 Å². The van der Waals surface area contributed by atoms with Crippen LogP contribution in [0.5, 0.6) is 0 Å². The Balaban J connectivity index is 2.33. The number of amides is 3. The lowest BCUT2D eigenvalue weighted by molar-refractivity contribution is -0.137. The van der Waals surface area contributed by atoms with E-state index in [0.29, 0.717) is 6.42 Å². The van der Waals surface area contributed by atoms with E-state index in [2.05, 4.69) is 5.32 Å². The molecule has 22 heavy (non-hydrogen) atoms. The maximum absolute atomic E-state index is 12.8. The molecule has 1 N–H and O–H groups in total. The number of carbonyl (C=O) groups is 3. The third kappa shape index (κ3) is 2.63. The molecule has 118 valence electrons. The Kier molecular flexibility index (Phi) is 4.09. The second kappa shape index (κ2) is 5.55. The molecule has 5 heteroatoms. The number of urea groups is 1. The highest BCUT2D eigenvalue weighted by Crippen LogP contribution is 2.32. The standard InChI is InChI=1S/C17H22N2O3/c1-5-17(12-9-7-6-8-10-12)14(21)19(15(22)18-17)11-13(20)16(2,3)4/h6-10H,5,11H2,1-4H3,(H,18,22). The van der Waals surface area contributed by atoms with Gasteiger partial charge in [-0.25, -0.2) is 4.79 Å². The fourth-order valence-corrected chi connectivity index (χ4v) is 2.51. The lowest BCUT2D eigenvalue weighted by Gasteiger charge is -2.26. The van der Waals surface area contributed by atoms with E-state index in [1.807, 2.05) is 37.3 Å². The summed E-state index contributed by atoms with van der Waals surface area (Å²) < 4.78 is 0. The van der Waals surface area contributed by atoms with Gasteiger partial charge in [-0.1, -0.05) is 58.0 Å². The van der Waals surface area contributed by atoms with Crippen LogP contribution in [0.25, 0.3) is 0 Å². The molecule has 0 saturated carbocycles. The highest BCUT2D eigenvalue weighted by atomic mass is 16.2. The number of nitrogens with one attached hydrogen (secondary N) is 1. The monoisotopic (exact) mass is 302 g/mol. The Labute approximate surface area is 130 Å². The molecule has 0 radical (unpaired) electrons. The smallest absolute Gasteiger partial charge is 0.319 e. The van der Waals surface area contributed by atoms with E-state index < -0.39 is 17.0 Å². The topological polar surface area (TPSA) is 66.5 Å². The number of carbonyl (C=O) groups excluding carboxylic acids is 3. The first-order valence-corrected chi connectivity index (χ1v) is 7.45. The second-order valence-electron chi connectivity index (χ2n) is 6.62. The number of hydrogen-bond donors (Lipinski definition) is 1. The van der Waals surface area contributed by atoms with Crippen LogP contribution in [-0.4, -0.2) is 29.2 Å². The van der Waals surface area contributed by atoms with E-state index in [-0.39, 0.29) is 18.2 Å². The van der Waals surface area contributed by atoms with Crippen LogP contribution in [0.15, 0.2) is 30.3 Å². The minimum Gasteiger partial charge on any atom is -0.319 e. The van der Waals surface area contributed by atoms with Gasteiger partial charge in [0.25, 0.3) is 5.91 Å². The molecule has 1 aromatic rings. The quantitative estimate of drug-likeness (QED) is 0.869. The summed E-state index contributed by atoms with van der Waals surface area (Å²) in [6, 6.07) is 8.64. The van der Waals surface area contributed by atoms with Crippen LogP contribution in [0.1, 0.15) is 39.7 Å². The number of imide groups is 1. The van der Waals surface area contributed by atoms with Crippen LogP contribution in [0.3, 0.4) is 0 Å². The Hall–Kier alpha value is -2.17. The summed E-state index contributed by atoms with van der Waals surface area (Å²) in [5, 5.41) is 2.78. The molecule has 1 atom stereocenters. The molecular formula is C17H22N2O3. The van der Waals surface area contributed by atoms with Crippen molar-refractivity contribution in [3.8, 4) is 0 Å². The molecule has 1 saturated heterocycles. The Morgan fingerprint density at radius 1 is 1.18 bits per heavy atom. The highest BCUT2D eigenvalue weighted by molar-refractivity contribution is 6.09. The molecule has 0 aliphatic carbocycles. The largest absolute Gasteiger partial charge is 0.325 e. The zero-order valence-corrected chi connectivity index (χ0v) is 13.5. The zero-order valence-electron chi connectivity index (χ0n) is 13.5. The van der Waals surface area contributed by atoms with E-state index in [4.69, 9.17) is 0 Å². The van der Waals surface area contributed by atoms with Crippen molar-refractivity contribution < 1.29 is 14.4 Å². The number of ketones is 1. The molecule has 3 amide bonds. The molecule has 1 unspecified atom stereocenters. The van der Waals surface area contributed by atoms with Crippen molar-refractivity contribution in [1.82, 2.24) is 10.2 Å². The number of hydrogen-bond acceptors (Lipinski definition) is 3. The van der Waals surface area contributed by atoms with Crippen molar-refractivity contribution in [3.63, 3.8) is 0 Å². The highest BCUT2D eigenvalue weighted by Gasteiger charge is 2.51. The minimum absolute atomic E-state index is 0.143. The summed E-state index contributed by atoms with van der Waals surface area (Å²) in [5.74, 6) is -0.500. The van der Waals surface area contributed by atoms with E-state index in [0.717, 1.165) is 10.5 Å². The third-order valence-electron chi connectivity index (χ3n) is 4.11. The van der Waals surface area contributed by atoms with Crippen LogP contribution < -0.4 is 5.32 Å². The summed E-state index contributed by atoms with van der Waals surface area (Å²) in [7, 11) is 0. The summed E-state index contributed by atoms with van der Waals surface area (Å²) in [5.41, 5.74) is -0.928. The van der Waals surface area contributed by atoms with Gasteiger partial charge in [0.2, 0.25) is 0 Å². The molecule has 5 nitrogen and oxygen atoms in total. The summed E-state index contributed by atoms with van der Waals surface area (Å²) in [4.78, 5) is 38.3. The average molecular weight is 302 g/mol. The first kappa shape index (κ1) is 16.2. The zero-order chi connectivity index (χ0) is 16.5. The maximum atomic E-state index is 12.8. The molecular weight excluding hydrogens is 280 g/mol. The molecule has 1 heterocycles. The second-order valence-corrected chi connectivity index (χ2v) is 6.62. The van der Waals surface area contributed by atoms with Crippen LogP contribution >= 0.6 is 0 Å². The van der Waals surface area contributed by atoms with E-state index in [1.165, 1.54) is 0 Å². The van der Waals surface area contributed by atoms with Gasteiger partial charge in [-0.15, -0.1) is 0 Å². The predicted octanol–water partition coefficient (Wildman–Crippen LogP) is 2.46. The van der Waals surface area contributed by atoms with Gasteiger partial charge in [0.1, 0.15) is 5.54 Å². The van der Waals surface area contributed by atoms with E-state index >= 15 is 0 Å². The van der Waals surface area contributed by atoms with Crippen LogP contribution in [-0.2, 0) is 15.1 Å². The molecule has 2 rings (SSSR count). The van der Waals surface area contributed by atoms with Crippen LogP contribution in [0, 0.1) is 5.41 Å². The van der Waals surface area contributed by atoms with Crippen molar-refractivity contribution in [2.24, 2.45) is 5.41 Å². The van der Waals surface area contributed by atoms with Crippen molar-refractivity contribution in [1.29, 1.82) is 0 Å². The van der Waals surface area contributed by atoms with Gasteiger partial charge in [-0.2, -0.15) is 0 Å². The van der Waals surface area contributed by atoms with Gasteiger partial charge in [-0.05, 0) is 12.0 Å². The van der Waals surface area contributed by atoms with Gasteiger partial charge < -0.3 is 5.32 Å². The molecule has 1 aliphatic heterocycles.